The molecule has 6 heteroatoms. The molecule has 0 heterocycles. The topological polar surface area (TPSA) is 38.8 Å². The fraction of sp³-hybridized carbons (Fsp3) is 0.500. The Morgan fingerprint density at radius 1 is 1.30 bits per heavy atom. The van der Waals surface area contributed by atoms with Crippen molar-refractivity contribution in [3.05, 3.63) is 35.4 Å². The summed E-state index contributed by atoms with van der Waals surface area (Å²) in [7, 11) is 3.02. The number of hydrogen-bond acceptors (Lipinski definition) is 3. The molecule has 1 aromatic rings. The normalized spacial score (nSPS) is 12.2. The molecule has 0 aliphatic heterocycles. The highest BCUT2D eigenvalue weighted by Crippen LogP contribution is 2.15. The van der Waals surface area contributed by atoms with E-state index in [-0.39, 0.29) is 18.2 Å². The van der Waals surface area contributed by atoms with Crippen LogP contribution in [-0.2, 0) is 9.47 Å². The quantitative estimate of drug-likeness (QED) is 0.771. The molecule has 1 unspecified atom stereocenters. The minimum atomic E-state index is -1.13. The Balaban J connectivity index is 2.99. The van der Waals surface area contributed by atoms with Gasteiger partial charge < -0.3 is 14.4 Å². The Morgan fingerprint density at radius 2 is 2.00 bits per heavy atom. The zero-order valence-electron chi connectivity index (χ0n) is 11.9. The first-order valence-corrected chi connectivity index (χ1v) is 6.25. The van der Waals surface area contributed by atoms with Gasteiger partial charge in [-0.3, -0.25) is 4.79 Å². The van der Waals surface area contributed by atoms with Crippen molar-refractivity contribution >= 4 is 5.91 Å². The SMILES string of the molecule is COCCN(C(=O)c1cccc(F)c1F)C(C)COC. The number of amides is 1. The lowest BCUT2D eigenvalue weighted by molar-refractivity contribution is 0.0474. The van der Waals surface area contributed by atoms with Crippen LogP contribution in [0.3, 0.4) is 0 Å². The fourth-order valence-corrected chi connectivity index (χ4v) is 1.87. The van der Waals surface area contributed by atoms with Crippen LogP contribution in [0.2, 0.25) is 0 Å². The van der Waals surface area contributed by atoms with Crippen molar-refractivity contribution in [2.75, 3.05) is 34.0 Å². The number of carbonyl (C=O) groups is 1. The van der Waals surface area contributed by atoms with Gasteiger partial charge in [0.2, 0.25) is 0 Å². The lowest BCUT2D eigenvalue weighted by Crippen LogP contribution is -2.43. The van der Waals surface area contributed by atoms with Crippen molar-refractivity contribution in [3.8, 4) is 0 Å². The van der Waals surface area contributed by atoms with Crippen LogP contribution in [-0.4, -0.2) is 50.8 Å². The van der Waals surface area contributed by atoms with E-state index in [9.17, 15) is 13.6 Å². The van der Waals surface area contributed by atoms with Gasteiger partial charge in [-0.25, -0.2) is 8.78 Å². The van der Waals surface area contributed by atoms with E-state index in [2.05, 4.69) is 0 Å². The van der Waals surface area contributed by atoms with Gasteiger partial charge in [-0.05, 0) is 19.1 Å². The summed E-state index contributed by atoms with van der Waals surface area (Å²) in [4.78, 5) is 13.8. The van der Waals surface area contributed by atoms with E-state index in [0.29, 0.717) is 13.2 Å². The van der Waals surface area contributed by atoms with Crippen LogP contribution >= 0.6 is 0 Å². The Labute approximate surface area is 117 Å². The maximum absolute atomic E-state index is 13.7. The number of methoxy groups -OCH3 is 2. The summed E-state index contributed by atoms with van der Waals surface area (Å²) in [6, 6.07) is 3.27. The average molecular weight is 287 g/mol. The molecule has 1 atom stereocenters. The molecule has 1 amide bonds. The number of halogens is 2. The van der Waals surface area contributed by atoms with E-state index >= 15 is 0 Å². The Morgan fingerprint density at radius 3 is 2.60 bits per heavy atom. The van der Waals surface area contributed by atoms with E-state index in [1.165, 1.54) is 31.3 Å². The molecule has 0 N–H and O–H groups in total. The van der Waals surface area contributed by atoms with E-state index in [1.807, 2.05) is 0 Å². The van der Waals surface area contributed by atoms with Crippen molar-refractivity contribution in [1.82, 2.24) is 4.90 Å². The van der Waals surface area contributed by atoms with Crippen LogP contribution < -0.4 is 0 Å². The van der Waals surface area contributed by atoms with Crippen molar-refractivity contribution < 1.29 is 23.0 Å². The number of ether oxygens (including phenoxy) is 2. The molecule has 0 radical (unpaired) electrons. The first-order chi connectivity index (χ1) is 9.52. The summed E-state index contributed by atoms with van der Waals surface area (Å²) in [6.07, 6.45) is 0. The van der Waals surface area contributed by atoms with Crippen molar-refractivity contribution in [2.45, 2.75) is 13.0 Å². The van der Waals surface area contributed by atoms with Crippen molar-refractivity contribution in [1.29, 1.82) is 0 Å². The van der Waals surface area contributed by atoms with Crippen LogP contribution in [0.25, 0.3) is 0 Å². The minimum absolute atomic E-state index is 0.273. The van der Waals surface area contributed by atoms with Gasteiger partial charge in [-0.15, -0.1) is 0 Å². The number of benzene rings is 1. The average Bonchev–Trinajstić information content (AvgIpc) is 2.42. The smallest absolute Gasteiger partial charge is 0.257 e. The largest absolute Gasteiger partial charge is 0.383 e. The third-order valence-electron chi connectivity index (χ3n) is 2.92. The maximum Gasteiger partial charge on any atom is 0.257 e. The van der Waals surface area contributed by atoms with Crippen molar-refractivity contribution in [2.24, 2.45) is 0 Å². The van der Waals surface area contributed by atoms with Crippen LogP contribution in [0.1, 0.15) is 17.3 Å². The molecule has 0 spiro atoms. The third kappa shape index (κ3) is 3.98. The van der Waals surface area contributed by atoms with Gasteiger partial charge in [0, 0.05) is 20.8 Å². The lowest BCUT2D eigenvalue weighted by atomic mass is 10.1. The number of hydrogen-bond donors (Lipinski definition) is 0. The van der Waals surface area contributed by atoms with Gasteiger partial charge in [-0.1, -0.05) is 6.07 Å². The predicted molar refractivity (Wildman–Crippen MR) is 70.6 cm³/mol. The Bertz CT molecular complexity index is 454. The van der Waals surface area contributed by atoms with Crippen LogP contribution in [0, 0.1) is 11.6 Å². The fourth-order valence-electron chi connectivity index (χ4n) is 1.87. The molecule has 0 aliphatic carbocycles. The number of carbonyl (C=O) groups excluding carboxylic acids is 1. The van der Waals surface area contributed by atoms with Gasteiger partial charge in [0.15, 0.2) is 11.6 Å². The minimum Gasteiger partial charge on any atom is -0.383 e. The second-order valence-corrected chi connectivity index (χ2v) is 4.40. The standard InChI is InChI=1S/C14H19F2NO3/c1-10(9-20-3)17(7-8-19-2)14(18)11-5-4-6-12(15)13(11)16/h4-6,10H,7-9H2,1-3H3. The highest BCUT2D eigenvalue weighted by Gasteiger charge is 2.24. The Hall–Kier alpha value is -1.53. The second kappa shape index (κ2) is 7.91. The summed E-state index contributed by atoms with van der Waals surface area (Å²) in [5, 5.41) is 0. The van der Waals surface area contributed by atoms with Crippen LogP contribution in [0.15, 0.2) is 18.2 Å². The van der Waals surface area contributed by atoms with Gasteiger partial charge in [0.25, 0.3) is 5.91 Å². The molecule has 112 valence electrons. The first-order valence-electron chi connectivity index (χ1n) is 6.25. The lowest BCUT2D eigenvalue weighted by Gasteiger charge is -2.28. The first kappa shape index (κ1) is 16.5. The molecular weight excluding hydrogens is 268 g/mol. The zero-order chi connectivity index (χ0) is 15.1. The molecule has 0 aliphatic rings. The van der Waals surface area contributed by atoms with Gasteiger partial charge in [-0.2, -0.15) is 0 Å². The van der Waals surface area contributed by atoms with E-state index < -0.39 is 17.5 Å². The molecule has 0 saturated heterocycles. The van der Waals surface area contributed by atoms with Crippen molar-refractivity contribution in [3.63, 3.8) is 0 Å². The second-order valence-electron chi connectivity index (χ2n) is 4.40. The molecule has 1 rings (SSSR count). The molecule has 4 nitrogen and oxygen atoms in total. The van der Waals surface area contributed by atoms with E-state index in [0.717, 1.165) is 6.07 Å². The van der Waals surface area contributed by atoms with E-state index in [1.54, 1.807) is 6.92 Å². The van der Waals surface area contributed by atoms with E-state index in [4.69, 9.17) is 9.47 Å². The zero-order valence-corrected chi connectivity index (χ0v) is 11.9. The highest BCUT2D eigenvalue weighted by atomic mass is 19.2. The molecular formula is C14H19F2NO3. The number of rotatable bonds is 7. The molecule has 1 aromatic carbocycles. The Kier molecular flexibility index (Phi) is 6.54. The number of nitrogens with zero attached hydrogens (tertiary/aromatic N) is 1. The van der Waals surface area contributed by atoms with Crippen LogP contribution in [0.5, 0.6) is 0 Å². The molecule has 0 saturated carbocycles. The molecule has 0 aromatic heterocycles. The maximum atomic E-state index is 13.7. The third-order valence-corrected chi connectivity index (χ3v) is 2.92. The van der Waals surface area contributed by atoms with Gasteiger partial charge >= 0.3 is 0 Å². The van der Waals surface area contributed by atoms with Crippen LogP contribution in [0.4, 0.5) is 8.78 Å². The summed E-state index contributed by atoms with van der Waals surface area (Å²) in [5.74, 6) is -2.75. The monoisotopic (exact) mass is 287 g/mol. The molecule has 0 fully saturated rings. The predicted octanol–water partition coefficient (Wildman–Crippen LogP) is 2.09. The summed E-state index contributed by atoms with van der Waals surface area (Å²) in [6.45, 7) is 2.65. The summed E-state index contributed by atoms with van der Waals surface area (Å²) in [5.41, 5.74) is -0.288. The van der Waals surface area contributed by atoms with Gasteiger partial charge in [0.05, 0.1) is 24.8 Å². The summed E-state index contributed by atoms with van der Waals surface area (Å²) < 4.78 is 36.8. The molecule has 0 bridgehead atoms. The van der Waals surface area contributed by atoms with Gasteiger partial charge in [0.1, 0.15) is 0 Å². The summed E-state index contributed by atoms with van der Waals surface area (Å²) >= 11 is 0. The molecule has 20 heavy (non-hydrogen) atoms. The highest BCUT2D eigenvalue weighted by molar-refractivity contribution is 5.94.